The van der Waals surface area contributed by atoms with Gasteiger partial charge in [0.25, 0.3) is 0 Å². The van der Waals surface area contributed by atoms with Crippen LogP contribution in [0.3, 0.4) is 0 Å². The van der Waals surface area contributed by atoms with Gasteiger partial charge < -0.3 is 10.6 Å². The van der Waals surface area contributed by atoms with Gasteiger partial charge in [0.2, 0.25) is 5.95 Å². The van der Waals surface area contributed by atoms with Crippen LogP contribution in [0.5, 0.6) is 0 Å². The van der Waals surface area contributed by atoms with Gasteiger partial charge in [-0.15, -0.1) is 0 Å². The molecular formula is C18H19N5. The number of hydrogen-bond donors (Lipinski definition) is 1. The molecule has 3 aromatic rings. The maximum Gasteiger partial charge on any atom is 0.227 e. The van der Waals surface area contributed by atoms with E-state index in [0.29, 0.717) is 18.3 Å². The molecule has 116 valence electrons. The Labute approximate surface area is 135 Å². The molecule has 23 heavy (non-hydrogen) atoms. The average molecular weight is 305 g/mol. The van der Waals surface area contributed by atoms with Crippen LogP contribution in [0.25, 0.3) is 0 Å². The van der Waals surface area contributed by atoms with Gasteiger partial charge in [-0.05, 0) is 29.7 Å². The van der Waals surface area contributed by atoms with Crippen molar-refractivity contribution in [1.82, 2.24) is 15.0 Å². The van der Waals surface area contributed by atoms with Crippen molar-refractivity contribution in [2.45, 2.75) is 13.0 Å². The molecule has 0 fully saturated rings. The van der Waals surface area contributed by atoms with E-state index in [4.69, 9.17) is 5.73 Å². The van der Waals surface area contributed by atoms with Gasteiger partial charge in [-0.1, -0.05) is 36.4 Å². The van der Waals surface area contributed by atoms with E-state index in [1.165, 1.54) is 5.56 Å². The van der Waals surface area contributed by atoms with Crippen LogP contribution in [-0.2, 0) is 13.0 Å². The number of aromatic nitrogens is 3. The second-order valence-corrected chi connectivity index (χ2v) is 5.30. The minimum Gasteiger partial charge on any atom is -0.384 e. The van der Waals surface area contributed by atoms with E-state index < -0.39 is 0 Å². The van der Waals surface area contributed by atoms with E-state index >= 15 is 0 Å². The highest BCUT2D eigenvalue weighted by molar-refractivity contribution is 5.38. The number of pyridine rings is 1. The topological polar surface area (TPSA) is 67.9 Å². The first-order valence-corrected chi connectivity index (χ1v) is 7.57. The maximum absolute atomic E-state index is 5.81. The average Bonchev–Trinajstić information content (AvgIpc) is 2.60. The van der Waals surface area contributed by atoms with Crippen molar-refractivity contribution < 1.29 is 0 Å². The molecule has 0 saturated heterocycles. The summed E-state index contributed by atoms with van der Waals surface area (Å²) in [6, 6.07) is 16.1. The number of hydrogen-bond acceptors (Lipinski definition) is 5. The van der Waals surface area contributed by atoms with Crippen LogP contribution in [0.4, 0.5) is 11.8 Å². The van der Waals surface area contributed by atoms with Crippen LogP contribution in [-0.4, -0.2) is 21.5 Å². The van der Waals surface area contributed by atoms with Crippen LogP contribution >= 0.6 is 0 Å². The summed E-state index contributed by atoms with van der Waals surface area (Å²) in [6.45, 7) is 1.51. The third-order valence-electron chi connectivity index (χ3n) is 3.56. The number of anilines is 2. The van der Waals surface area contributed by atoms with Crippen molar-refractivity contribution in [1.29, 1.82) is 0 Å². The molecule has 5 nitrogen and oxygen atoms in total. The fraction of sp³-hybridized carbons (Fsp3) is 0.167. The first kappa shape index (κ1) is 15.0. The summed E-state index contributed by atoms with van der Waals surface area (Å²) in [4.78, 5) is 15.0. The minimum atomic E-state index is 0.478. The van der Waals surface area contributed by atoms with Gasteiger partial charge in [-0.2, -0.15) is 4.98 Å². The van der Waals surface area contributed by atoms with Gasteiger partial charge in [0, 0.05) is 31.7 Å². The summed E-state index contributed by atoms with van der Waals surface area (Å²) in [5.74, 6) is 1.12. The van der Waals surface area contributed by atoms with Gasteiger partial charge in [0.1, 0.15) is 5.82 Å². The highest BCUT2D eigenvalue weighted by atomic mass is 15.3. The van der Waals surface area contributed by atoms with E-state index in [1.807, 2.05) is 18.3 Å². The second kappa shape index (κ2) is 7.35. The van der Waals surface area contributed by atoms with Gasteiger partial charge in [0.15, 0.2) is 0 Å². The maximum atomic E-state index is 5.81. The Kier molecular flexibility index (Phi) is 4.79. The number of nitrogen functional groups attached to an aromatic ring is 1. The third-order valence-corrected chi connectivity index (χ3v) is 3.56. The highest BCUT2D eigenvalue weighted by Crippen LogP contribution is 2.14. The van der Waals surface area contributed by atoms with E-state index in [-0.39, 0.29) is 0 Å². The summed E-state index contributed by atoms with van der Waals surface area (Å²) >= 11 is 0. The number of rotatable bonds is 6. The molecule has 0 amide bonds. The summed E-state index contributed by atoms with van der Waals surface area (Å²) in [7, 11) is 0. The fourth-order valence-corrected chi connectivity index (χ4v) is 2.38. The smallest absolute Gasteiger partial charge is 0.227 e. The predicted octanol–water partition coefficient (Wildman–Crippen LogP) is 2.70. The standard InChI is InChI=1S/C18H19N5/c19-17-8-11-21-18(22-17)23(14-16-7-4-10-20-13-16)12-9-15-5-2-1-3-6-15/h1-8,10-11,13H,9,12,14H2,(H2,19,21,22). The van der Waals surface area contributed by atoms with E-state index in [2.05, 4.69) is 50.2 Å². The molecule has 0 aliphatic carbocycles. The Bertz CT molecular complexity index is 731. The molecular weight excluding hydrogens is 286 g/mol. The zero-order valence-corrected chi connectivity index (χ0v) is 12.8. The quantitative estimate of drug-likeness (QED) is 0.758. The van der Waals surface area contributed by atoms with Gasteiger partial charge in [0.05, 0.1) is 0 Å². The summed E-state index contributed by atoms with van der Waals surface area (Å²) in [5, 5.41) is 0. The lowest BCUT2D eigenvalue weighted by Crippen LogP contribution is -2.27. The van der Waals surface area contributed by atoms with Crippen molar-refractivity contribution in [3.05, 3.63) is 78.2 Å². The molecule has 2 heterocycles. The van der Waals surface area contributed by atoms with Crippen molar-refractivity contribution in [2.24, 2.45) is 0 Å². The Hall–Kier alpha value is -2.95. The van der Waals surface area contributed by atoms with E-state index in [9.17, 15) is 0 Å². The lowest BCUT2D eigenvalue weighted by Gasteiger charge is -2.22. The Morgan fingerprint density at radius 3 is 2.48 bits per heavy atom. The zero-order chi connectivity index (χ0) is 15.9. The van der Waals surface area contributed by atoms with Crippen molar-refractivity contribution in [3.8, 4) is 0 Å². The Morgan fingerprint density at radius 1 is 0.913 bits per heavy atom. The molecule has 0 aliphatic rings. The second-order valence-electron chi connectivity index (χ2n) is 5.30. The molecule has 0 unspecified atom stereocenters. The van der Waals surface area contributed by atoms with Gasteiger partial charge in [-0.3, -0.25) is 4.98 Å². The van der Waals surface area contributed by atoms with E-state index in [1.54, 1.807) is 18.5 Å². The molecule has 2 aromatic heterocycles. The first-order valence-electron chi connectivity index (χ1n) is 7.57. The van der Waals surface area contributed by atoms with Crippen LogP contribution in [0.2, 0.25) is 0 Å². The molecule has 0 saturated carbocycles. The fourth-order valence-electron chi connectivity index (χ4n) is 2.38. The summed E-state index contributed by atoms with van der Waals surface area (Å²) in [6.07, 6.45) is 6.24. The minimum absolute atomic E-state index is 0.478. The summed E-state index contributed by atoms with van der Waals surface area (Å²) < 4.78 is 0. The SMILES string of the molecule is Nc1ccnc(N(CCc2ccccc2)Cc2cccnc2)n1. The van der Waals surface area contributed by atoms with Crippen LogP contribution in [0, 0.1) is 0 Å². The van der Waals surface area contributed by atoms with Crippen molar-refractivity contribution in [3.63, 3.8) is 0 Å². The number of nitrogens with two attached hydrogens (primary N) is 1. The van der Waals surface area contributed by atoms with Gasteiger partial charge >= 0.3 is 0 Å². The van der Waals surface area contributed by atoms with E-state index in [0.717, 1.165) is 18.5 Å². The third kappa shape index (κ3) is 4.26. The molecule has 0 radical (unpaired) electrons. The molecule has 5 heteroatoms. The highest BCUT2D eigenvalue weighted by Gasteiger charge is 2.11. The molecule has 3 rings (SSSR count). The largest absolute Gasteiger partial charge is 0.384 e. The molecule has 0 atom stereocenters. The number of benzene rings is 1. The predicted molar refractivity (Wildman–Crippen MR) is 91.9 cm³/mol. The first-order chi connectivity index (χ1) is 11.3. The molecule has 1 aromatic carbocycles. The molecule has 0 bridgehead atoms. The lowest BCUT2D eigenvalue weighted by molar-refractivity contribution is 0.750. The summed E-state index contributed by atoms with van der Waals surface area (Å²) in [5.41, 5.74) is 8.21. The lowest BCUT2D eigenvalue weighted by atomic mass is 10.1. The van der Waals surface area contributed by atoms with Crippen LogP contribution in [0.15, 0.2) is 67.1 Å². The molecule has 0 spiro atoms. The number of nitrogens with zero attached hydrogens (tertiary/aromatic N) is 4. The molecule has 0 aliphatic heterocycles. The van der Waals surface area contributed by atoms with Crippen molar-refractivity contribution >= 4 is 11.8 Å². The zero-order valence-electron chi connectivity index (χ0n) is 12.8. The van der Waals surface area contributed by atoms with Gasteiger partial charge in [-0.25, -0.2) is 4.98 Å². The molecule has 2 N–H and O–H groups in total. The normalized spacial score (nSPS) is 10.4. The van der Waals surface area contributed by atoms with Crippen molar-refractivity contribution in [2.75, 3.05) is 17.2 Å². The van der Waals surface area contributed by atoms with Crippen LogP contribution in [0.1, 0.15) is 11.1 Å². The Morgan fingerprint density at radius 2 is 1.74 bits per heavy atom. The Balaban J connectivity index is 1.78. The monoisotopic (exact) mass is 305 g/mol. The van der Waals surface area contributed by atoms with Crippen LogP contribution < -0.4 is 10.6 Å².